The predicted octanol–water partition coefficient (Wildman–Crippen LogP) is 4.01. The number of anilines is 1. The minimum atomic E-state index is 0.131. The zero-order valence-electron chi connectivity index (χ0n) is 14.6. The fourth-order valence-electron chi connectivity index (χ4n) is 3.78. The van der Waals surface area contributed by atoms with Crippen molar-refractivity contribution in [2.75, 3.05) is 25.2 Å². The highest BCUT2D eigenvalue weighted by Crippen LogP contribution is 2.35. The lowest BCUT2D eigenvalue weighted by molar-refractivity contribution is -0.122. The number of ether oxygens (including phenoxy) is 2. The van der Waals surface area contributed by atoms with Crippen LogP contribution in [0.4, 0.5) is 5.13 Å². The molecule has 2 fully saturated rings. The van der Waals surface area contributed by atoms with Gasteiger partial charge in [-0.15, -0.1) is 0 Å². The molecule has 6 heteroatoms. The van der Waals surface area contributed by atoms with Crippen molar-refractivity contribution in [3.05, 3.63) is 18.2 Å². The molecule has 1 atom stereocenters. The maximum atomic E-state index is 13.1. The zero-order valence-corrected chi connectivity index (χ0v) is 15.4. The molecule has 1 saturated heterocycles. The number of rotatable bonds is 5. The zero-order chi connectivity index (χ0) is 17.2. The summed E-state index contributed by atoms with van der Waals surface area (Å²) in [5.41, 5.74) is 0.885. The normalized spacial score (nSPS) is 21.1. The molecule has 1 saturated carbocycles. The Morgan fingerprint density at radius 2 is 2.16 bits per heavy atom. The van der Waals surface area contributed by atoms with Crippen molar-refractivity contribution in [2.24, 2.45) is 5.92 Å². The van der Waals surface area contributed by atoms with E-state index in [1.165, 1.54) is 0 Å². The lowest BCUT2D eigenvalue weighted by Crippen LogP contribution is -2.40. The molecule has 1 aliphatic carbocycles. The molecule has 4 rings (SSSR count). The molecule has 2 aromatic rings. The molecule has 134 valence electrons. The number of benzene rings is 1. The molecular formula is C19H24N2O3S. The third-order valence-electron chi connectivity index (χ3n) is 5.19. The topological polar surface area (TPSA) is 51.7 Å². The highest BCUT2D eigenvalue weighted by atomic mass is 32.1. The van der Waals surface area contributed by atoms with Crippen molar-refractivity contribution in [3.8, 4) is 5.75 Å². The summed E-state index contributed by atoms with van der Waals surface area (Å²) in [5.74, 6) is 1.15. The van der Waals surface area contributed by atoms with Crippen LogP contribution in [0.1, 0.15) is 38.5 Å². The van der Waals surface area contributed by atoms with Crippen LogP contribution in [0.2, 0.25) is 0 Å². The first-order valence-corrected chi connectivity index (χ1v) is 9.94. The molecule has 1 amide bonds. The first kappa shape index (κ1) is 16.8. The summed E-state index contributed by atoms with van der Waals surface area (Å²) < 4.78 is 12.2. The molecule has 0 unspecified atom stereocenters. The molecule has 0 spiro atoms. The SMILES string of the molecule is COc1ccc2sc(N(C[C@@H]3CCCO3)C(=O)C3CCCC3)nc2c1. The Hall–Kier alpha value is -1.66. The second-order valence-electron chi connectivity index (χ2n) is 6.90. The number of carbonyl (C=O) groups excluding carboxylic acids is 1. The summed E-state index contributed by atoms with van der Waals surface area (Å²) >= 11 is 1.58. The number of methoxy groups -OCH3 is 1. The van der Waals surface area contributed by atoms with Crippen LogP contribution in [0.5, 0.6) is 5.75 Å². The van der Waals surface area contributed by atoms with Crippen molar-refractivity contribution < 1.29 is 14.3 Å². The second-order valence-corrected chi connectivity index (χ2v) is 7.90. The van der Waals surface area contributed by atoms with Gasteiger partial charge in [-0.05, 0) is 37.8 Å². The van der Waals surface area contributed by atoms with E-state index in [0.717, 1.165) is 66.2 Å². The highest BCUT2D eigenvalue weighted by Gasteiger charge is 2.32. The van der Waals surface area contributed by atoms with Gasteiger partial charge in [0.25, 0.3) is 0 Å². The van der Waals surface area contributed by atoms with Gasteiger partial charge < -0.3 is 9.47 Å². The van der Waals surface area contributed by atoms with Crippen LogP contribution in [0.15, 0.2) is 18.2 Å². The lowest BCUT2D eigenvalue weighted by Gasteiger charge is -2.25. The van der Waals surface area contributed by atoms with E-state index in [4.69, 9.17) is 14.5 Å². The summed E-state index contributed by atoms with van der Waals surface area (Å²) in [6.45, 7) is 1.42. The first-order valence-electron chi connectivity index (χ1n) is 9.12. The molecule has 0 N–H and O–H groups in total. The number of thiazole rings is 1. The fraction of sp³-hybridized carbons (Fsp3) is 0.579. The summed E-state index contributed by atoms with van der Waals surface area (Å²) in [4.78, 5) is 19.8. The van der Waals surface area contributed by atoms with E-state index in [1.54, 1.807) is 18.4 Å². The van der Waals surface area contributed by atoms with Crippen molar-refractivity contribution in [1.82, 2.24) is 4.98 Å². The average Bonchev–Trinajstić information content (AvgIpc) is 3.39. The van der Waals surface area contributed by atoms with Crippen molar-refractivity contribution in [2.45, 2.75) is 44.6 Å². The predicted molar refractivity (Wildman–Crippen MR) is 99.5 cm³/mol. The van der Waals surface area contributed by atoms with Crippen LogP contribution in [0.3, 0.4) is 0 Å². The number of amides is 1. The van der Waals surface area contributed by atoms with E-state index in [2.05, 4.69) is 0 Å². The molecule has 0 bridgehead atoms. The fourth-order valence-corrected chi connectivity index (χ4v) is 4.75. The van der Waals surface area contributed by atoms with E-state index in [0.29, 0.717) is 6.54 Å². The van der Waals surface area contributed by atoms with Gasteiger partial charge in [-0.2, -0.15) is 0 Å². The van der Waals surface area contributed by atoms with Crippen molar-refractivity contribution in [3.63, 3.8) is 0 Å². The summed E-state index contributed by atoms with van der Waals surface area (Å²) in [5, 5.41) is 0.788. The Morgan fingerprint density at radius 1 is 1.32 bits per heavy atom. The minimum Gasteiger partial charge on any atom is -0.497 e. The van der Waals surface area contributed by atoms with Crippen molar-refractivity contribution in [1.29, 1.82) is 0 Å². The van der Waals surface area contributed by atoms with Crippen LogP contribution in [-0.4, -0.2) is 37.3 Å². The molecule has 5 nitrogen and oxygen atoms in total. The Morgan fingerprint density at radius 3 is 2.88 bits per heavy atom. The number of hydrogen-bond acceptors (Lipinski definition) is 5. The van der Waals surface area contributed by atoms with Crippen LogP contribution >= 0.6 is 11.3 Å². The number of hydrogen-bond donors (Lipinski definition) is 0. The van der Waals surface area contributed by atoms with Gasteiger partial charge in [-0.1, -0.05) is 24.2 Å². The first-order chi connectivity index (χ1) is 12.2. The standard InChI is InChI=1S/C19H24N2O3S/c1-23-14-8-9-17-16(11-14)20-19(25-17)21(12-15-7-4-10-24-15)18(22)13-5-2-3-6-13/h8-9,11,13,15H,2-7,10,12H2,1H3/t15-/m0/s1. The Labute approximate surface area is 151 Å². The van der Waals surface area contributed by atoms with E-state index in [1.807, 2.05) is 23.1 Å². The van der Waals surface area contributed by atoms with Gasteiger partial charge in [-0.3, -0.25) is 9.69 Å². The maximum Gasteiger partial charge on any atom is 0.231 e. The lowest BCUT2D eigenvalue weighted by atomic mass is 10.1. The third-order valence-corrected chi connectivity index (χ3v) is 6.25. The Kier molecular flexibility index (Phi) is 4.90. The van der Waals surface area contributed by atoms with E-state index < -0.39 is 0 Å². The molecule has 0 radical (unpaired) electrons. The Bertz CT molecular complexity index is 748. The van der Waals surface area contributed by atoms with Gasteiger partial charge in [0.15, 0.2) is 5.13 Å². The van der Waals surface area contributed by atoms with Gasteiger partial charge in [0.2, 0.25) is 5.91 Å². The molecule has 25 heavy (non-hydrogen) atoms. The summed E-state index contributed by atoms with van der Waals surface area (Å²) in [7, 11) is 1.65. The van der Waals surface area contributed by atoms with Gasteiger partial charge in [0.05, 0.1) is 30.0 Å². The van der Waals surface area contributed by atoms with Crippen LogP contribution in [0, 0.1) is 5.92 Å². The van der Waals surface area contributed by atoms with Gasteiger partial charge >= 0.3 is 0 Å². The average molecular weight is 360 g/mol. The van der Waals surface area contributed by atoms with Crippen LogP contribution in [-0.2, 0) is 9.53 Å². The summed E-state index contributed by atoms with van der Waals surface area (Å²) in [6, 6.07) is 5.88. The second kappa shape index (κ2) is 7.30. The van der Waals surface area contributed by atoms with E-state index >= 15 is 0 Å². The quantitative estimate of drug-likeness (QED) is 0.808. The van der Waals surface area contributed by atoms with Crippen molar-refractivity contribution >= 4 is 32.6 Å². The molecule has 1 aliphatic heterocycles. The number of nitrogens with zero attached hydrogens (tertiary/aromatic N) is 2. The molecule has 2 aliphatic rings. The largest absolute Gasteiger partial charge is 0.497 e. The smallest absolute Gasteiger partial charge is 0.231 e. The third kappa shape index (κ3) is 3.51. The number of aromatic nitrogens is 1. The highest BCUT2D eigenvalue weighted by molar-refractivity contribution is 7.22. The van der Waals surface area contributed by atoms with E-state index in [9.17, 15) is 4.79 Å². The van der Waals surface area contributed by atoms with Gasteiger partial charge in [0.1, 0.15) is 5.75 Å². The van der Waals surface area contributed by atoms with Gasteiger partial charge in [0, 0.05) is 18.6 Å². The monoisotopic (exact) mass is 360 g/mol. The number of fused-ring (bicyclic) bond motifs is 1. The maximum absolute atomic E-state index is 13.1. The number of carbonyl (C=O) groups is 1. The minimum absolute atomic E-state index is 0.131. The van der Waals surface area contributed by atoms with E-state index in [-0.39, 0.29) is 17.9 Å². The van der Waals surface area contributed by atoms with Crippen LogP contribution < -0.4 is 9.64 Å². The molecule has 2 heterocycles. The molecular weight excluding hydrogens is 336 g/mol. The molecule has 1 aromatic heterocycles. The Balaban J connectivity index is 1.64. The molecule has 1 aromatic carbocycles. The summed E-state index contributed by atoms with van der Waals surface area (Å²) in [6.07, 6.45) is 6.54. The van der Waals surface area contributed by atoms with Crippen LogP contribution in [0.25, 0.3) is 10.2 Å². The van der Waals surface area contributed by atoms with Gasteiger partial charge in [-0.25, -0.2) is 4.98 Å².